The van der Waals surface area contributed by atoms with E-state index in [2.05, 4.69) is 11.8 Å². The van der Waals surface area contributed by atoms with E-state index in [1.807, 2.05) is 0 Å². The Morgan fingerprint density at radius 1 is 1.38 bits per heavy atom. The monoisotopic (exact) mass is 221 g/mol. The van der Waals surface area contributed by atoms with E-state index in [0.717, 1.165) is 18.8 Å². The van der Waals surface area contributed by atoms with Crippen LogP contribution in [-0.4, -0.2) is 24.1 Å². The Morgan fingerprint density at radius 3 is 2.44 bits per heavy atom. The van der Waals surface area contributed by atoms with Crippen molar-refractivity contribution in [2.75, 3.05) is 18.0 Å². The first-order valence-corrected chi connectivity index (χ1v) is 5.33. The minimum Gasteiger partial charge on any atom is -0.370 e. The fraction of sp³-hybridized carbons (Fsp3) is 0.455. The van der Waals surface area contributed by atoms with Gasteiger partial charge in [-0.25, -0.2) is 0 Å². The molecule has 2 N–H and O–H groups in total. The molecule has 1 saturated heterocycles. The van der Waals surface area contributed by atoms with Crippen molar-refractivity contribution in [2.24, 2.45) is 11.7 Å². The van der Waals surface area contributed by atoms with Gasteiger partial charge in [0.25, 0.3) is 5.69 Å². The van der Waals surface area contributed by atoms with Crippen LogP contribution < -0.4 is 10.6 Å². The average Bonchev–Trinajstić information content (AvgIpc) is 2.59. The van der Waals surface area contributed by atoms with Gasteiger partial charge < -0.3 is 10.6 Å². The summed E-state index contributed by atoms with van der Waals surface area (Å²) in [6.07, 6.45) is 0. The van der Waals surface area contributed by atoms with E-state index in [-0.39, 0.29) is 16.7 Å². The number of nitro groups is 1. The van der Waals surface area contributed by atoms with Crippen LogP contribution in [0.15, 0.2) is 24.3 Å². The van der Waals surface area contributed by atoms with Gasteiger partial charge in [-0.1, -0.05) is 6.92 Å². The molecule has 0 radical (unpaired) electrons. The van der Waals surface area contributed by atoms with Crippen molar-refractivity contribution in [2.45, 2.75) is 13.0 Å². The molecule has 0 saturated carbocycles. The third-order valence-corrected chi connectivity index (χ3v) is 3.10. The predicted octanol–water partition coefficient (Wildman–Crippen LogP) is 1.38. The topological polar surface area (TPSA) is 72.4 Å². The molecule has 1 aliphatic rings. The van der Waals surface area contributed by atoms with Crippen LogP contribution in [0.1, 0.15) is 6.92 Å². The number of nitro benzene ring substituents is 1. The lowest BCUT2D eigenvalue weighted by molar-refractivity contribution is -0.384. The summed E-state index contributed by atoms with van der Waals surface area (Å²) >= 11 is 0. The number of nitrogens with two attached hydrogens (primary N) is 1. The number of benzene rings is 1. The maximum absolute atomic E-state index is 10.5. The fourth-order valence-electron chi connectivity index (χ4n) is 1.99. The first kappa shape index (κ1) is 10.9. The van der Waals surface area contributed by atoms with E-state index >= 15 is 0 Å². The molecule has 1 fully saturated rings. The molecule has 86 valence electrons. The van der Waals surface area contributed by atoms with Crippen LogP contribution in [0.4, 0.5) is 11.4 Å². The zero-order chi connectivity index (χ0) is 11.7. The summed E-state index contributed by atoms with van der Waals surface area (Å²) in [6.45, 7) is 3.86. The first-order valence-electron chi connectivity index (χ1n) is 5.33. The Labute approximate surface area is 94.0 Å². The SMILES string of the molecule is CC1CN(c2ccc([N+](=O)[O-])cc2)CC1N. The van der Waals surface area contributed by atoms with E-state index in [9.17, 15) is 10.1 Å². The molecular weight excluding hydrogens is 206 g/mol. The highest BCUT2D eigenvalue weighted by Crippen LogP contribution is 2.24. The van der Waals surface area contributed by atoms with Crippen LogP contribution in [0.5, 0.6) is 0 Å². The summed E-state index contributed by atoms with van der Waals surface area (Å²) in [5.74, 6) is 0.468. The van der Waals surface area contributed by atoms with Crippen molar-refractivity contribution in [3.8, 4) is 0 Å². The van der Waals surface area contributed by atoms with Gasteiger partial charge in [0, 0.05) is 37.0 Å². The molecule has 0 aliphatic carbocycles. The molecule has 5 heteroatoms. The minimum absolute atomic E-state index is 0.125. The average molecular weight is 221 g/mol. The second kappa shape index (κ2) is 4.09. The van der Waals surface area contributed by atoms with Gasteiger partial charge in [0.1, 0.15) is 0 Å². The lowest BCUT2D eigenvalue weighted by Crippen LogP contribution is -2.28. The molecular formula is C11H15N3O2. The van der Waals surface area contributed by atoms with Crippen molar-refractivity contribution in [1.29, 1.82) is 0 Å². The van der Waals surface area contributed by atoms with Crippen LogP contribution in [0.25, 0.3) is 0 Å². The number of non-ortho nitro benzene ring substituents is 1. The summed E-state index contributed by atoms with van der Waals surface area (Å²) in [6, 6.07) is 6.81. The molecule has 0 amide bonds. The van der Waals surface area contributed by atoms with Crippen molar-refractivity contribution >= 4 is 11.4 Å². The van der Waals surface area contributed by atoms with Gasteiger partial charge in [0.05, 0.1) is 4.92 Å². The zero-order valence-corrected chi connectivity index (χ0v) is 9.17. The normalized spacial score (nSPS) is 24.8. The van der Waals surface area contributed by atoms with Crippen molar-refractivity contribution in [3.05, 3.63) is 34.4 Å². The maximum atomic E-state index is 10.5. The van der Waals surface area contributed by atoms with Crippen LogP contribution in [0.3, 0.4) is 0 Å². The van der Waals surface area contributed by atoms with Gasteiger partial charge in [0.2, 0.25) is 0 Å². The summed E-state index contributed by atoms with van der Waals surface area (Å²) in [5.41, 5.74) is 7.06. The van der Waals surface area contributed by atoms with Gasteiger partial charge in [0.15, 0.2) is 0 Å². The first-order chi connectivity index (χ1) is 7.58. The molecule has 2 atom stereocenters. The van der Waals surface area contributed by atoms with Gasteiger partial charge >= 0.3 is 0 Å². The van der Waals surface area contributed by atoms with Gasteiger partial charge in [-0.05, 0) is 18.1 Å². The summed E-state index contributed by atoms with van der Waals surface area (Å²) in [5, 5.41) is 10.5. The zero-order valence-electron chi connectivity index (χ0n) is 9.17. The van der Waals surface area contributed by atoms with E-state index < -0.39 is 0 Å². The number of nitrogens with zero attached hydrogens (tertiary/aromatic N) is 2. The molecule has 1 aromatic rings. The molecule has 16 heavy (non-hydrogen) atoms. The highest BCUT2D eigenvalue weighted by atomic mass is 16.6. The summed E-state index contributed by atoms with van der Waals surface area (Å²) < 4.78 is 0. The molecule has 0 bridgehead atoms. The maximum Gasteiger partial charge on any atom is 0.269 e. The second-order valence-electron chi connectivity index (χ2n) is 4.32. The van der Waals surface area contributed by atoms with E-state index in [4.69, 9.17) is 5.73 Å². The van der Waals surface area contributed by atoms with E-state index in [0.29, 0.717) is 5.92 Å². The Bertz CT molecular complexity index is 381. The van der Waals surface area contributed by atoms with E-state index in [1.54, 1.807) is 12.1 Å². The van der Waals surface area contributed by atoms with Gasteiger partial charge in [-0.3, -0.25) is 10.1 Å². The molecule has 0 aromatic heterocycles. The Hall–Kier alpha value is -1.62. The number of hydrogen-bond acceptors (Lipinski definition) is 4. The molecule has 1 aliphatic heterocycles. The smallest absolute Gasteiger partial charge is 0.269 e. The van der Waals surface area contributed by atoms with Crippen molar-refractivity contribution in [3.63, 3.8) is 0 Å². The highest BCUT2D eigenvalue weighted by molar-refractivity contribution is 5.51. The summed E-state index contributed by atoms with van der Waals surface area (Å²) in [4.78, 5) is 12.3. The number of rotatable bonds is 2. The Morgan fingerprint density at radius 2 is 2.00 bits per heavy atom. The molecule has 0 spiro atoms. The van der Waals surface area contributed by atoms with Crippen LogP contribution in [0.2, 0.25) is 0 Å². The lowest BCUT2D eigenvalue weighted by Gasteiger charge is -2.17. The molecule has 1 heterocycles. The third-order valence-electron chi connectivity index (χ3n) is 3.10. The largest absolute Gasteiger partial charge is 0.370 e. The third kappa shape index (κ3) is 1.99. The van der Waals surface area contributed by atoms with Crippen LogP contribution in [0, 0.1) is 16.0 Å². The second-order valence-corrected chi connectivity index (χ2v) is 4.32. The van der Waals surface area contributed by atoms with Crippen molar-refractivity contribution in [1.82, 2.24) is 0 Å². The summed E-state index contributed by atoms with van der Waals surface area (Å²) in [7, 11) is 0. The van der Waals surface area contributed by atoms with Crippen molar-refractivity contribution < 1.29 is 4.92 Å². The Kier molecular flexibility index (Phi) is 2.78. The van der Waals surface area contributed by atoms with Gasteiger partial charge in [-0.15, -0.1) is 0 Å². The van der Waals surface area contributed by atoms with Crippen LogP contribution >= 0.6 is 0 Å². The minimum atomic E-state index is -0.387. The predicted molar refractivity (Wildman–Crippen MR) is 62.4 cm³/mol. The molecule has 2 rings (SSSR count). The molecule has 1 aromatic carbocycles. The quantitative estimate of drug-likeness (QED) is 0.605. The lowest BCUT2D eigenvalue weighted by atomic mass is 10.1. The fourth-order valence-corrected chi connectivity index (χ4v) is 1.99. The number of anilines is 1. The molecule has 2 unspecified atom stereocenters. The van der Waals surface area contributed by atoms with Crippen LogP contribution in [-0.2, 0) is 0 Å². The standard InChI is InChI=1S/C11H15N3O2/c1-8-6-13(7-11(8)12)9-2-4-10(5-3-9)14(15)16/h2-5,8,11H,6-7,12H2,1H3. The van der Waals surface area contributed by atoms with Gasteiger partial charge in [-0.2, -0.15) is 0 Å². The Balaban J connectivity index is 2.14. The highest BCUT2D eigenvalue weighted by Gasteiger charge is 2.26. The number of hydrogen-bond donors (Lipinski definition) is 1. The molecule has 5 nitrogen and oxygen atoms in total. The van der Waals surface area contributed by atoms with E-state index in [1.165, 1.54) is 12.1 Å².